The predicted octanol–water partition coefficient (Wildman–Crippen LogP) is 2.96. The predicted molar refractivity (Wildman–Crippen MR) is 75.8 cm³/mol. The summed E-state index contributed by atoms with van der Waals surface area (Å²) in [4.78, 5) is 14.1. The van der Waals surface area contributed by atoms with Crippen LogP contribution in [0.4, 0.5) is 18.7 Å². The summed E-state index contributed by atoms with van der Waals surface area (Å²) in [5.74, 6) is 0. The number of carbonyl (C=O) groups is 1. The number of nitrogens with zero attached hydrogens (tertiary/aromatic N) is 4. The van der Waals surface area contributed by atoms with Gasteiger partial charge in [-0.15, -0.1) is 10.2 Å². The first-order chi connectivity index (χ1) is 10.6. The monoisotopic (exact) mass is 328 g/mol. The molecule has 0 spiro atoms. The van der Waals surface area contributed by atoms with Crippen molar-refractivity contribution in [3.63, 3.8) is 0 Å². The van der Waals surface area contributed by atoms with Crippen molar-refractivity contribution in [1.82, 2.24) is 25.3 Å². The van der Waals surface area contributed by atoms with Crippen molar-refractivity contribution in [2.75, 3.05) is 11.9 Å². The highest BCUT2D eigenvalue weighted by molar-refractivity contribution is 7.15. The van der Waals surface area contributed by atoms with E-state index < -0.39 is 11.4 Å². The summed E-state index contributed by atoms with van der Waals surface area (Å²) in [6, 6.07) is -0.433. The van der Waals surface area contributed by atoms with Crippen LogP contribution in [0.3, 0.4) is 0 Å². The van der Waals surface area contributed by atoms with Crippen LogP contribution in [0, 0.1) is 0 Å². The van der Waals surface area contributed by atoms with Crippen LogP contribution >= 0.6 is 11.3 Å². The van der Waals surface area contributed by atoms with E-state index in [9.17, 15) is 13.6 Å². The maximum Gasteiger partial charge on any atom is 0.324 e. The van der Waals surface area contributed by atoms with E-state index in [0.29, 0.717) is 17.9 Å². The Kier molecular flexibility index (Phi) is 4.27. The number of H-pyrrole nitrogens is 1. The van der Waals surface area contributed by atoms with Crippen LogP contribution < -0.4 is 5.32 Å². The maximum absolute atomic E-state index is 12.5. The third-order valence-corrected chi connectivity index (χ3v) is 4.36. The lowest BCUT2D eigenvalue weighted by Crippen LogP contribution is -2.41. The van der Waals surface area contributed by atoms with Crippen LogP contribution in [0.5, 0.6) is 0 Å². The standard InChI is InChI=1S/C12H14F2N6OS/c13-9(14)10-18-19-11(22-10)17-12(21)20-4-2-1-3-8(20)7-5-15-16-6-7/h5-6,8-9H,1-4H2,(H,15,16)(H,17,19,21)/t8-/m1/s1. The highest BCUT2D eigenvalue weighted by Gasteiger charge is 2.29. The van der Waals surface area contributed by atoms with Gasteiger partial charge in [-0.05, 0) is 19.3 Å². The van der Waals surface area contributed by atoms with Crippen LogP contribution in [0.1, 0.15) is 42.3 Å². The van der Waals surface area contributed by atoms with E-state index in [1.54, 1.807) is 17.3 Å². The maximum atomic E-state index is 12.5. The molecule has 118 valence electrons. The van der Waals surface area contributed by atoms with Gasteiger partial charge >= 0.3 is 6.03 Å². The first kappa shape index (κ1) is 14.8. The van der Waals surface area contributed by atoms with Gasteiger partial charge in [0, 0.05) is 18.3 Å². The molecule has 0 saturated carbocycles. The summed E-state index contributed by atoms with van der Waals surface area (Å²) < 4.78 is 25.0. The Balaban J connectivity index is 1.71. The Bertz CT molecular complexity index is 631. The number of aromatic nitrogens is 4. The highest BCUT2D eigenvalue weighted by Crippen LogP contribution is 2.31. The molecule has 3 rings (SSSR count). The minimum atomic E-state index is -2.68. The molecule has 3 heterocycles. The molecular weight excluding hydrogens is 314 g/mol. The van der Waals surface area contributed by atoms with Crippen LogP contribution in [0.2, 0.25) is 0 Å². The van der Waals surface area contributed by atoms with Gasteiger partial charge in [-0.25, -0.2) is 13.6 Å². The number of amides is 2. The van der Waals surface area contributed by atoms with E-state index in [1.807, 2.05) is 0 Å². The van der Waals surface area contributed by atoms with Gasteiger partial charge in [0.2, 0.25) is 5.13 Å². The Labute approximate surface area is 128 Å². The van der Waals surface area contributed by atoms with Crippen molar-refractivity contribution in [3.05, 3.63) is 23.0 Å². The fourth-order valence-electron chi connectivity index (χ4n) is 2.50. The fraction of sp³-hybridized carbons (Fsp3) is 0.500. The lowest BCUT2D eigenvalue weighted by molar-refractivity contribution is 0.150. The second kappa shape index (κ2) is 6.34. The third kappa shape index (κ3) is 3.06. The molecule has 0 aliphatic carbocycles. The smallest absolute Gasteiger partial charge is 0.317 e. The molecule has 1 fully saturated rings. The van der Waals surface area contributed by atoms with E-state index in [-0.39, 0.29) is 17.2 Å². The molecule has 1 saturated heterocycles. The zero-order valence-corrected chi connectivity index (χ0v) is 12.3. The van der Waals surface area contributed by atoms with Crippen molar-refractivity contribution < 1.29 is 13.6 Å². The molecule has 1 atom stereocenters. The van der Waals surface area contributed by atoms with Crippen molar-refractivity contribution in [3.8, 4) is 0 Å². The van der Waals surface area contributed by atoms with E-state index >= 15 is 0 Å². The van der Waals surface area contributed by atoms with Gasteiger partial charge in [0.25, 0.3) is 6.43 Å². The number of likely N-dealkylation sites (tertiary alicyclic amines) is 1. The average molecular weight is 328 g/mol. The number of rotatable bonds is 3. The number of urea groups is 1. The summed E-state index contributed by atoms with van der Waals surface area (Å²) in [7, 11) is 0. The second-order valence-corrected chi connectivity index (χ2v) is 5.92. The van der Waals surface area contributed by atoms with Crippen LogP contribution in [-0.2, 0) is 0 Å². The molecule has 0 unspecified atom stereocenters. The molecule has 0 aromatic carbocycles. The molecule has 7 nitrogen and oxygen atoms in total. The zero-order chi connectivity index (χ0) is 15.5. The van der Waals surface area contributed by atoms with Crippen LogP contribution in [0.15, 0.2) is 12.4 Å². The minimum Gasteiger partial charge on any atom is -0.317 e. The second-order valence-electron chi connectivity index (χ2n) is 4.91. The quantitative estimate of drug-likeness (QED) is 0.907. The molecule has 10 heteroatoms. The number of hydrogen-bond acceptors (Lipinski definition) is 5. The fourth-order valence-corrected chi connectivity index (χ4v) is 3.09. The lowest BCUT2D eigenvalue weighted by atomic mass is 9.98. The Morgan fingerprint density at radius 1 is 1.45 bits per heavy atom. The molecule has 1 aliphatic rings. The summed E-state index contributed by atoms with van der Waals surface area (Å²) in [6.07, 6.45) is 3.53. The largest absolute Gasteiger partial charge is 0.324 e. The van der Waals surface area contributed by atoms with Crippen LogP contribution in [0.25, 0.3) is 0 Å². The Morgan fingerprint density at radius 2 is 2.32 bits per heavy atom. The topological polar surface area (TPSA) is 86.8 Å². The third-order valence-electron chi connectivity index (χ3n) is 3.51. The van der Waals surface area contributed by atoms with E-state index in [4.69, 9.17) is 0 Å². The number of aromatic amines is 1. The van der Waals surface area contributed by atoms with Crippen molar-refractivity contribution >= 4 is 22.5 Å². The summed E-state index contributed by atoms with van der Waals surface area (Å²) in [5, 5.41) is 15.8. The van der Waals surface area contributed by atoms with Crippen molar-refractivity contribution in [1.29, 1.82) is 0 Å². The molecule has 2 amide bonds. The number of halogens is 2. The number of piperidine rings is 1. The molecule has 2 N–H and O–H groups in total. The number of hydrogen-bond donors (Lipinski definition) is 2. The summed E-state index contributed by atoms with van der Waals surface area (Å²) in [6.45, 7) is 0.599. The summed E-state index contributed by atoms with van der Waals surface area (Å²) >= 11 is 0.683. The Hall–Kier alpha value is -2.10. The van der Waals surface area contributed by atoms with Gasteiger partial charge in [-0.3, -0.25) is 10.4 Å². The van der Waals surface area contributed by atoms with E-state index in [2.05, 4.69) is 25.7 Å². The average Bonchev–Trinajstić information content (AvgIpc) is 3.18. The van der Waals surface area contributed by atoms with Gasteiger partial charge in [0.1, 0.15) is 0 Å². The lowest BCUT2D eigenvalue weighted by Gasteiger charge is -2.34. The van der Waals surface area contributed by atoms with Gasteiger partial charge in [0.05, 0.1) is 12.2 Å². The number of anilines is 1. The van der Waals surface area contributed by atoms with E-state index in [0.717, 1.165) is 24.8 Å². The number of carbonyl (C=O) groups excluding carboxylic acids is 1. The first-order valence-corrected chi connectivity index (χ1v) is 7.64. The molecule has 0 bridgehead atoms. The molecule has 22 heavy (non-hydrogen) atoms. The van der Waals surface area contributed by atoms with E-state index in [1.165, 1.54) is 0 Å². The zero-order valence-electron chi connectivity index (χ0n) is 11.5. The Morgan fingerprint density at radius 3 is 3.00 bits per heavy atom. The normalized spacial score (nSPS) is 18.7. The first-order valence-electron chi connectivity index (χ1n) is 6.83. The SMILES string of the molecule is O=C(Nc1nnc(C(F)F)s1)N1CCCC[C@@H]1c1cn[nH]c1. The highest BCUT2D eigenvalue weighted by atomic mass is 32.1. The summed E-state index contributed by atoms with van der Waals surface area (Å²) in [5.41, 5.74) is 0.931. The molecule has 0 radical (unpaired) electrons. The number of nitrogens with one attached hydrogen (secondary N) is 2. The van der Waals surface area contributed by atoms with Gasteiger partial charge in [-0.1, -0.05) is 11.3 Å². The minimum absolute atomic E-state index is 0.0741. The molecule has 2 aromatic heterocycles. The van der Waals surface area contributed by atoms with Crippen molar-refractivity contribution in [2.45, 2.75) is 31.7 Å². The molecule has 2 aromatic rings. The van der Waals surface area contributed by atoms with Gasteiger partial charge in [0.15, 0.2) is 5.01 Å². The van der Waals surface area contributed by atoms with Gasteiger partial charge < -0.3 is 4.90 Å². The van der Waals surface area contributed by atoms with Crippen molar-refractivity contribution in [2.24, 2.45) is 0 Å². The molecule has 1 aliphatic heterocycles. The number of alkyl halides is 2. The van der Waals surface area contributed by atoms with Crippen LogP contribution in [-0.4, -0.2) is 37.9 Å². The van der Waals surface area contributed by atoms with Gasteiger partial charge in [-0.2, -0.15) is 5.10 Å². The molecular formula is C12H14F2N6OS.